The first-order valence-corrected chi connectivity index (χ1v) is 7.81. The third kappa shape index (κ3) is 2.09. The molecule has 4 nitrogen and oxygen atoms in total. The fraction of sp³-hybridized carbons (Fsp3) is 0.455. The highest BCUT2D eigenvalue weighted by molar-refractivity contribution is 9.10. The van der Waals surface area contributed by atoms with Crippen LogP contribution in [0.2, 0.25) is 0 Å². The van der Waals surface area contributed by atoms with E-state index in [0.717, 1.165) is 4.47 Å². The Hall–Kier alpha value is -0.590. The minimum absolute atomic E-state index is 0.130. The summed E-state index contributed by atoms with van der Waals surface area (Å²) in [5.41, 5.74) is 6.15. The van der Waals surface area contributed by atoms with Gasteiger partial charge in [0.2, 0.25) is 0 Å². The SMILES string of the molecule is CC1Nc2c(Br)cccc2S(=O)(=O)C1CCN. The van der Waals surface area contributed by atoms with Crippen LogP contribution < -0.4 is 11.1 Å². The zero-order valence-electron chi connectivity index (χ0n) is 9.48. The second kappa shape index (κ2) is 4.59. The first-order valence-electron chi connectivity index (χ1n) is 5.47. The van der Waals surface area contributed by atoms with Gasteiger partial charge in [-0.05, 0) is 48.0 Å². The number of benzene rings is 1. The highest BCUT2D eigenvalue weighted by Crippen LogP contribution is 2.38. The Morgan fingerprint density at radius 2 is 2.18 bits per heavy atom. The van der Waals surface area contributed by atoms with Crippen molar-refractivity contribution in [3.63, 3.8) is 0 Å². The van der Waals surface area contributed by atoms with Gasteiger partial charge in [-0.1, -0.05) is 6.07 Å². The predicted octanol–water partition coefficient (Wildman–Crippen LogP) is 1.75. The normalized spacial score (nSPS) is 26.1. The first kappa shape index (κ1) is 12.9. The lowest BCUT2D eigenvalue weighted by atomic mass is 10.1. The summed E-state index contributed by atoms with van der Waals surface area (Å²) in [6.07, 6.45) is 0.475. The minimum Gasteiger partial charge on any atom is -0.379 e. The molecule has 1 aliphatic rings. The van der Waals surface area contributed by atoms with E-state index in [0.29, 0.717) is 23.5 Å². The van der Waals surface area contributed by atoms with Crippen molar-refractivity contribution in [1.82, 2.24) is 0 Å². The first-order chi connectivity index (χ1) is 7.98. The molecule has 0 amide bonds. The van der Waals surface area contributed by atoms with Crippen molar-refractivity contribution in [3.8, 4) is 0 Å². The molecule has 1 aromatic rings. The van der Waals surface area contributed by atoms with Gasteiger partial charge in [0.05, 0.1) is 15.8 Å². The Bertz CT molecular complexity index is 530. The highest BCUT2D eigenvalue weighted by Gasteiger charge is 2.38. The lowest BCUT2D eigenvalue weighted by Crippen LogP contribution is -2.43. The molecule has 0 fully saturated rings. The molecule has 1 heterocycles. The number of halogens is 1. The second-order valence-corrected chi connectivity index (χ2v) is 7.20. The van der Waals surface area contributed by atoms with E-state index < -0.39 is 15.1 Å². The van der Waals surface area contributed by atoms with E-state index in [2.05, 4.69) is 21.2 Å². The number of rotatable bonds is 2. The van der Waals surface area contributed by atoms with Crippen LogP contribution in [0.25, 0.3) is 0 Å². The minimum atomic E-state index is -3.29. The summed E-state index contributed by atoms with van der Waals surface area (Å²) in [5.74, 6) is 0. The third-order valence-corrected chi connectivity index (χ3v) is 6.12. The van der Waals surface area contributed by atoms with Gasteiger partial charge in [-0.15, -0.1) is 0 Å². The highest BCUT2D eigenvalue weighted by atomic mass is 79.9. The lowest BCUT2D eigenvalue weighted by Gasteiger charge is -2.32. The predicted molar refractivity (Wildman–Crippen MR) is 71.9 cm³/mol. The second-order valence-electron chi connectivity index (χ2n) is 4.21. The van der Waals surface area contributed by atoms with Gasteiger partial charge in [-0.2, -0.15) is 0 Å². The van der Waals surface area contributed by atoms with Gasteiger partial charge in [-0.3, -0.25) is 0 Å². The molecule has 0 bridgehead atoms. The number of nitrogens with one attached hydrogen (secondary N) is 1. The summed E-state index contributed by atoms with van der Waals surface area (Å²) in [6.45, 7) is 2.25. The van der Waals surface area contributed by atoms with Crippen LogP contribution in [-0.2, 0) is 9.84 Å². The quantitative estimate of drug-likeness (QED) is 0.871. The number of nitrogens with two attached hydrogens (primary N) is 1. The van der Waals surface area contributed by atoms with Crippen molar-refractivity contribution in [2.24, 2.45) is 5.73 Å². The number of hydrogen-bond acceptors (Lipinski definition) is 4. The van der Waals surface area contributed by atoms with Crippen LogP contribution in [0.4, 0.5) is 5.69 Å². The van der Waals surface area contributed by atoms with Crippen molar-refractivity contribution < 1.29 is 8.42 Å². The Balaban J connectivity index is 2.58. The van der Waals surface area contributed by atoms with E-state index in [1.165, 1.54) is 0 Å². The van der Waals surface area contributed by atoms with Crippen LogP contribution in [0.5, 0.6) is 0 Å². The van der Waals surface area contributed by atoms with Gasteiger partial charge in [0.25, 0.3) is 0 Å². The molecule has 2 unspecified atom stereocenters. The van der Waals surface area contributed by atoms with Crippen molar-refractivity contribution in [2.75, 3.05) is 11.9 Å². The maximum absolute atomic E-state index is 12.4. The molecule has 94 valence electrons. The molecular formula is C11H15BrN2O2S. The topological polar surface area (TPSA) is 72.2 Å². The van der Waals surface area contributed by atoms with Crippen LogP contribution in [0, 0.1) is 0 Å². The molecule has 0 spiro atoms. The fourth-order valence-corrected chi connectivity index (χ4v) is 4.91. The van der Waals surface area contributed by atoms with Crippen molar-refractivity contribution in [3.05, 3.63) is 22.7 Å². The Kier molecular flexibility index (Phi) is 3.47. The smallest absolute Gasteiger partial charge is 0.185 e. The van der Waals surface area contributed by atoms with Crippen LogP contribution in [0.15, 0.2) is 27.6 Å². The molecule has 6 heteroatoms. The van der Waals surface area contributed by atoms with Crippen molar-refractivity contribution >= 4 is 31.5 Å². The summed E-state index contributed by atoms with van der Waals surface area (Å²) in [7, 11) is -3.29. The van der Waals surface area contributed by atoms with Gasteiger partial charge in [-0.25, -0.2) is 8.42 Å². The van der Waals surface area contributed by atoms with E-state index in [1.54, 1.807) is 12.1 Å². The average molecular weight is 319 g/mol. The van der Waals surface area contributed by atoms with Gasteiger partial charge >= 0.3 is 0 Å². The van der Waals surface area contributed by atoms with Gasteiger partial charge in [0, 0.05) is 10.5 Å². The van der Waals surface area contributed by atoms with Gasteiger partial charge in [0.1, 0.15) is 0 Å². The van der Waals surface area contributed by atoms with Gasteiger partial charge < -0.3 is 11.1 Å². The molecule has 2 rings (SSSR count). The maximum Gasteiger partial charge on any atom is 0.185 e. The van der Waals surface area contributed by atoms with Crippen molar-refractivity contribution in [1.29, 1.82) is 0 Å². The van der Waals surface area contributed by atoms with E-state index in [4.69, 9.17) is 5.73 Å². The molecule has 1 aliphatic heterocycles. The number of anilines is 1. The lowest BCUT2D eigenvalue weighted by molar-refractivity contribution is 0.548. The zero-order valence-corrected chi connectivity index (χ0v) is 11.9. The van der Waals surface area contributed by atoms with Crippen LogP contribution in [-0.4, -0.2) is 26.3 Å². The summed E-state index contributed by atoms with van der Waals surface area (Å²) in [5, 5.41) is 2.79. The Morgan fingerprint density at radius 1 is 1.47 bits per heavy atom. The van der Waals surface area contributed by atoms with E-state index in [-0.39, 0.29) is 6.04 Å². The molecule has 0 saturated carbocycles. The molecule has 0 saturated heterocycles. The molecule has 3 N–H and O–H groups in total. The van der Waals surface area contributed by atoms with E-state index in [1.807, 2.05) is 13.0 Å². The average Bonchev–Trinajstić information content (AvgIpc) is 2.26. The van der Waals surface area contributed by atoms with E-state index >= 15 is 0 Å². The standard InChI is InChI=1S/C11H15BrN2O2S/c1-7-9(5-6-13)17(15,16)10-4-2-3-8(12)11(10)14-7/h2-4,7,9,14H,5-6,13H2,1H3. The monoisotopic (exact) mass is 318 g/mol. The Labute approximate surface area is 110 Å². The molecule has 17 heavy (non-hydrogen) atoms. The zero-order chi connectivity index (χ0) is 12.6. The molecule has 2 atom stereocenters. The van der Waals surface area contributed by atoms with Gasteiger partial charge in [0.15, 0.2) is 9.84 Å². The molecule has 1 aromatic carbocycles. The number of para-hydroxylation sites is 1. The number of sulfone groups is 1. The van der Waals surface area contributed by atoms with E-state index in [9.17, 15) is 8.42 Å². The summed E-state index contributed by atoms with van der Waals surface area (Å²) < 4.78 is 25.7. The fourth-order valence-electron chi connectivity index (χ4n) is 2.20. The summed E-state index contributed by atoms with van der Waals surface area (Å²) in [4.78, 5) is 0.364. The van der Waals surface area contributed by atoms with Crippen LogP contribution >= 0.6 is 15.9 Å². The number of fused-ring (bicyclic) bond motifs is 1. The van der Waals surface area contributed by atoms with Crippen LogP contribution in [0.3, 0.4) is 0 Å². The Morgan fingerprint density at radius 3 is 2.82 bits per heavy atom. The molecule has 0 aliphatic carbocycles. The summed E-state index contributed by atoms with van der Waals surface area (Å²) >= 11 is 3.37. The van der Waals surface area contributed by atoms with Crippen molar-refractivity contribution in [2.45, 2.75) is 29.5 Å². The largest absolute Gasteiger partial charge is 0.379 e. The maximum atomic E-state index is 12.4. The molecule has 0 radical (unpaired) electrons. The third-order valence-electron chi connectivity index (χ3n) is 3.06. The van der Waals surface area contributed by atoms with Crippen LogP contribution in [0.1, 0.15) is 13.3 Å². The summed E-state index contributed by atoms with van der Waals surface area (Å²) in [6, 6.07) is 5.07. The molecular weight excluding hydrogens is 304 g/mol. The number of hydrogen-bond donors (Lipinski definition) is 2. The molecule has 0 aromatic heterocycles.